The van der Waals surface area contributed by atoms with Crippen molar-refractivity contribution < 1.29 is 9.72 Å². The lowest BCUT2D eigenvalue weighted by Crippen LogP contribution is -2.44. The lowest BCUT2D eigenvalue weighted by molar-refractivity contribution is -0.384. The Morgan fingerprint density at radius 3 is 2.35 bits per heavy atom. The van der Waals surface area contributed by atoms with E-state index >= 15 is 0 Å². The molecular weight excluding hydrogens is 356 g/mol. The summed E-state index contributed by atoms with van der Waals surface area (Å²) in [7, 11) is 2.09. The Morgan fingerprint density at radius 1 is 1.12 bits per heavy atom. The third-order valence-corrected chi connectivity index (χ3v) is 4.69. The molecule has 2 aromatic rings. The Balaban J connectivity index is 1.69. The number of nitrogens with one attached hydrogen (secondary N) is 1. The Hall–Kier alpha value is -2.64. The van der Waals surface area contributed by atoms with Crippen molar-refractivity contribution in [3.05, 3.63) is 63.2 Å². The number of carbonyl (C=O) groups excluding carboxylic acids is 1. The van der Waals surface area contributed by atoms with E-state index < -0.39 is 4.92 Å². The van der Waals surface area contributed by atoms with Crippen molar-refractivity contribution in [3.63, 3.8) is 0 Å². The number of nitro groups is 1. The molecular formula is C18H19ClN4O3. The zero-order valence-electron chi connectivity index (χ0n) is 14.3. The van der Waals surface area contributed by atoms with Gasteiger partial charge in [0, 0.05) is 49.6 Å². The number of nitro benzene ring substituents is 1. The van der Waals surface area contributed by atoms with E-state index in [9.17, 15) is 14.9 Å². The summed E-state index contributed by atoms with van der Waals surface area (Å²) in [4.78, 5) is 27.0. The average molecular weight is 375 g/mol. The summed E-state index contributed by atoms with van der Waals surface area (Å²) in [5.74, 6) is -0.344. The van der Waals surface area contributed by atoms with Crippen LogP contribution in [0.1, 0.15) is 10.4 Å². The van der Waals surface area contributed by atoms with Gasteiger partial charge >= 0.3 is 0 Å². The first-order chi connectivity index (χ1) is 12.4. The SMILES string of the molecule is CN1CCN(c2ccc(NC(=O)c3ccc([N+](=O)[O-])cc3)cc2Cl)CC1. The number of piperazine rings is 1. The van der Waals surface area contributed by atoms with Gasteiger partial charge in [-0.1, -0.05) is 11.6 Å². The number of anilines is 2. The molecule has 26 heavy (non-hydrogen) atoms. The standard InChI is InChI=1S/C18H19ClN4O3/c1-21-8-10-22(11-9-21)17-7-4-14(12-16(17)19)20-18(24)13-2-5-15(6-3-13)23(25)26/h2-7,12H,8-11H2,1H3,(H,20,24). The maximum absolute atomic E-state index is 12.3. The van der Waals surface area contributed by atoms with Gasteiger partial charge in [0.1, 0.15) is 0 Å². The van der Waals surface area contributed by atoms with Crippen LogP contribution in [0.4, 0.5) is 17.1 Å². The largest absolute Gasteiger partial charge is 0.368 e. The second kappa shape index (κ2) is 7.72. The lowest BCUT2D eigenvalue weighted by Gasteiger charge is -2.34. The minimum Gasteiger partial charge on any atom is -0.368 e. The number of nitrogens with zero attached hydrogens (tertiary/aromatic N) is 3. The van der Waals surface area contributed by atoms with Gasteiger partial charge in [-0.2, -0.15) is 0 Å². The molecule has 1 heterocycles. The second-order valence-corrected chi connectivity index (χ2v) is 6.62. The fourth-order valence-electron chi connectivity index (χ4n) is 2.83. The molecule has 1 saturated heterocycles. The predicted octanol–water partition coefficient (Wildman–Crippen LogP) is 3.25. The van der Waals surface area contributed by atoms with Crippen molar-refractivity contribution in [1.29, 1.82) is 0 Å². The van der Waals surface area contributed by atoms with E-state index in [4.69, 9.17) is 11.6 Å². The molecule has 136 valence electrons. The van der Waals surface area contributed by atoms with Gasteiger partial charge in [0.25, 0.3) is 11.6 Å². The lowest BCUT2D eigenvalue weighted by atomic mass is 10.2. The number of carbonyl (C=O) groups is 1. The number of hydrogen-bond donors (Lipinski definition) is 1. The second-order valence-electron chi connectivity index (χ2n) is 6.21. The summed E-state index contributed by atoms with van der Waals surface area (Å²) in [6.07, 6.45) is 0. The molecule has 0 atom stereocenters. The molecule has 1 N–H and O–H groups in total. The van der Waals surface area contributed by atoms with Crippen molar-refractivity contribution in [2.24, 2.45) is 0 Å². The maximum Gasteiger partial charge on any atom is 0.269 e. The summed E-state index contributed by atoms with van der Waals surface area (Å²) >= 11 is 6.40. The van der Waals surface area contributed by atoms with Gasteiger partial charge in [-0.15, -0.1) is 0 Å². The number of likely N-dealkylation sites (N-methyl/N-ethyl adjacent to an activating group) is 1. The van der Waals surface area contributed by atoms with Crippen molar-refractivity contribution in [2.45, 2.75) is 0 Å². The zero-order chi connectivity index (χ0) is 18.7. The van der Waals surface area contributed by atoms with Crippen LogP contribution in [-0.2, 0) is 0 Å². The molecule has 0 aliphatic carbocycles. The Morgan fingerprint density at radius 2 is 1.77 bits per heavy atom. The minimum atomic E-state index is -0.501. The van der Waals surface area contributed by atoms with Gasteiger partial charge in [0.2, 0.25) is 0 Å². The van der Waals surface area contributed by atoms with Gasteiger partial charge in [-0.05, 0) is 37.4 Å². The summed E-state index contributed by atoms with van der Waals surface area (Å²) in [6, 6.07) is 10.9. The highest BCUT2D eigenvalue weighted by atomic mass is 35.5. The number of rotatable bonds is 4. The first-order valence-corrected chi connectivity index (χ1v) is 8.60. The number of benzene rings is 2. The molecule has 0 spiro atoms. The molecule has 2 aromatic carbocycles. The fourth-order valence-corrected chi connectivity index (χ4v) is 3.13. The Kier molecular flexibility index (Phi) is 5.39. The fraction of sp³-hybridized carbons (Fsp3) is 0.278. The first kappa shape index (κ1) is 18.2. The minimum absolute atomic E-state index is 0.0545. The third kappa shape index (κ3) is 4.12. The zero-order valence-corrected chi connectivity index (χ0v) is 15.1. The predicted molar refractivity (Wildman–Crippen MR) is 102 cm³/mol. The molecule has 0 bridgehead atoms. The van der Waals surface area contributed by atoms with Crippen LogP contribution in [0.25, 0.3) is 0 Å². The van der Waals surface area contributed by atoms with Crippen LogP contribution in [0, 0.1) is 10.1 Å². The van der Waals surface area contributed by atoms with E-state index in [0.29, 0.717) is 16.3 Å². The molecule has 1 aliphatic rings. The highest BCUT2D eigenvalue weighted by Crippen LogP contribution is 2.29. The van der Waals surface area contributed by atoms with Crippen molar-refractivity contribution in [3.8, 4) is 0 Å². The summed E-state index contributed by atoms with van der Waals surface area (Å²) < 4.78 is 0. The molecule has 3 rings (SSSR count). The van der Waals surface area contributed by atoms with Crippen molar-refractivity contribution >= 4 is 34.6 Å². The molecule has 0 aromatic heterocycles. The van der Waals surface area contributed by atoms with Crippen LogP contribution < -0.4 is 10.2 Å². The molecule has 0 radical (unpaired) electrons. The van der Waals surface area contributed by atoms with Gasteiger partial charge in [-0.25, -0.2) is 0 Å². The van der Waals surface area contributed by atoms with Gasteiger partial charge in [0.15, 0.2) is 0 Å². The summed E-state index contributed by atoms with van der Waals surface area (Å²) in [5, 5.41) is 14.0. The smallest absolute Gasteiger partial charge is 0.269 e. The van der Waals surface area contributed by atoms with Gasteiger partial charge < -0.3 is 15.1 Å². The number of hydrogen-bond acceptors (Lipinski definition) is 5. The topological polar surface area (TPSA) is 78.7 Å². The number of amides is 1. The normalized spacial score (nSPS) is 14.9. The molecule has 8 heteroatoms. The number of non-ortho nitro benzene ring substituents is 1. The summed E-state index contributed by atoms with van der Waals surface area (Å²) in [6.45, 7) is 3.78. The van der Waals surface area contributed by atoms with Gasteiger partial charge in [0.05, 0.1) is 15.6 Å². The highest BCUT2D eigenvalue weighted by Gasteiger charge is 2.17. The molecule has 1 amide bonds. The maximum atomic E-state index is 12.3. The van der Waals surface area contributed by atoms with E-state index in [1.165, 1.54) is 24.3 Å². The first-order valence-electron chi connectivity index (χ1n) is 8.23. The molecule has 0 saturated carbocycles. The highest BCUT2D eigenvalue weighted by molar-refractivity contribution is 6.33. The van der Waals surface area contributed by atoms with Gasteiger partial charge in [-0.3, -0.25) is 14.9 Å². The van der Waals surface area contributed by atoms with Crippen LogP contribution in [0.2, 0.25) is 5.02 Å². The third-order valence-electron chi connectivity index (χ3n) is 4.39. The Bertz CT molecular complexity index is 818. The van der Waals surface area contributed by atoms with Crippen LogP contribution >= 0.6 is 11.6 Å². The summed E-state index contributed by atoms with van der Waals surface area (Å²) in [5.41, 5.74) is 1.82. The monoisotopic (exact) mass is 374 g/mol. The van der Waals surface area contributed by atoms with E-state index in [1.54, 1.807) is 6.07 Å². The van der Waals surface area contributed by atoms with E-state index in [2.05, 4.69) is 22.2 Å². The van der Waals surface area contributed by atoms with Crippen molar-refractivity contribution in [2.75, 3.05) is 43.4 Å². The van der Waals surface area contributed by atoms with Crippen LogP contribution in [-0.4, -0.2) is 49.0 Å². The average Bonchev–Trinajstić information content (AvgIpc) is 2.63. The molecule has 1 fully saturated rings. The Labute approximate surface area is 156 Å². The molecule has 0 unspecified atom stereocenters. The van der Waals surface area contributed by atoms with E-state index in [-0.39, 0.29) is 11.6 Å². The quantitative estimate of drug-likeness (QED) is 0.656. The van der Waals surface area contributed by atoms with Crippen LogP contribution in [0.3, 0.4) is 0 Å². The van der Waals surface area contributed by atoms with Crippen LogP contribution in [0.5, 0.6) is 0 Å². The number of halogens is 1. The van der Waals surface area contributed by atoms with E-state index in [0.717, 1.165) is 31.9 Å². The van der Waals surface area contributed by atoms with Crippen molar-refractivity contribution in [1.82, 2.24) is 4.90 Å². The molecule has 7 nitrogen and oxygen atoms in total. The van der Waals surface area contributed by atoms with Crippen LogP contribution in [0.15, 0.2) is 42.5 Å². The molecule has 1 aliphatic heterocycles. The van der Waals surface area contributed by atoms with E-state index in [1.807, 2.05) is 12.1 Å².